The Morgan fingerprint density at radius 3 is 2.41 bits per heavy atom. The van der Waals surface area contributed by atoms with Crippen molar-refractivity contribution in [3.63, 3.8) is 0 Å². The largest absolute Gasteiger partial charge is 0.390 e. The van der Waals surface area contributed by atoms with E-state index in [0.717, 1.165) is 48.5 Å². The van der Waals surface area contributed by atoms with Gasteiger partial charge in [-0.15, -0.1) is 0 Å². The fraction of sp³-hybridized carbons (Fsp3) is 0.731. The molecule has 4 aliphatic rings. The standard InChI is InChI=1S/C26H35ClO2/c1-25(29)13-11-19-17(15-25)5-8-21-20(19)12-14-26(2)22(21)9-10-23(26)24(28)16-3-6-18(27)7-4-16/h3-4,6-7,17,19-23,29H,5,8-15H2,1-2H3/t17-,19-,20+,21+,22-,23+,25+,26-/m0/s1. The molecule has 158 valence electrons. The number of rotatable bonds is 2. The van der Waals surface area contributed by atoms with Gasteiger partial charge >= 0.3 is 0 Å². The van der Waals surface area contributed by atoms with Crippen molar-refractivity contribution in [1.82, 2.24) is 0 Å². The molecule has 1 aromatic carbocycles. The third-order valence-electron chi connectivity index (χ3n) is 9.68. The molecule has 0 amide bonds. The topological polar surface area (TPSA) is 37.3 Å². The number of hydrogen-bond acceptors (Lipinski definition) is 2. The summed E-state index contributed by atoms with van der Waals surface area (Å²) in [5.41, 5.74) is 0.549. The van der Waals surface area contributed by atoms with Crippen LogP contribution in [0.15, 0.2) is 24.3 Å². The van der Waals surface area contributed by atoms with Crippen LogP contribution in [0.2, 0.25) is 5.02 Å². The summed E-state index contributed by atoms with van der Waals surface area (Å²) < 4.78 is 0. The van der Waals surface area contributed by atoms with Crippen LogP contribution in [0.4, 0.5) is 0 Å². The van der Waals surface area contributed by atoms with Crippen LogP contribution < -0.4 is 0 Å². The zero-order chi connectivity index (χ0) is 20.4. The molecule has 0 aromatic heterocycles. The molecule has 4 saturated carbocycles. The van der Waals surface area contributed by atoms with Crippen LogP contribution in [0.3, 0.4) is 0 Å². The fourth-order valence-electron chi connectivity index (χ4n) is 8.33. The molecule has 0 radical (unpaired) electrons. The highest BCUT2D eigenvalue weighted by Crippen LogP contribution is 2.64. The van der Waals surface area contributed by atoms with Gasteiger partial charge in [-0.2, -0.15) is 0 Å². The van der Waals surface area contributed by atoms with Crippen molar-refractivity contribution in [3.8, 4) is 0 Å². The third-order valence-corrected chi connectivity index (χ3v) is 9.93. The van der Waals surface area contributed by atoms with E-state index in [1.165, 1.54) is 38.5 Å². The van der Waals surface area contributed by atoms with E-state index in [9.17, 15) is 9.90 Å². The first-order chi connectivity index (χ1) is 13.8. The van der Waals surface area contributed by atoms with Crippen molar-refractivity contribution < 1.29 is 9.90 Å². The summed E-state index contributed by atoms with van der Waals surface area (Å²) in [5, 5.41) is 11.3. The number of fused-ring (bicyclic) bond motifs is 5. The van der Waals surface area contributed by atoms with Crippen LogP contribution in [0.5, 0.6) is 0 Å². The van der Waals surface area contributed by atoms with Gasteiger partial charge in [-0.25, -0.2) is 0 Å². The Kier molecular flexibility index (Phi) is 4.91. The van der Waals surface area contributed by atoms with Crippen LogP contribution in [-0.4, -0.2) is 16.5 Å². The lowest BCUT2D eigenvalue weighted by atomic mass is 9.49. The Hall–Kier alpha value is -0.860. The summed E-state index contributed by atoms with van der Waals surface area (Å²) in [7, 11) is 0. The van der Waals surface area contributed by atoms with E-state index in [0.29, 0.717) is 16.7 Å². The van der Waals surface area contributed by atoms with Crippen LogP contribution >= 0.6 is 11.6 Å². The third kappa shape index (κ3) is 3.30. The molecular formula is C26H35ClO2. The number of carbonyl (C=O) groups excluding carboxylic acids is 1. The van der Waals surface area contributed by atoms with E-state index in [-0.39, 0.29) is 11.3 Å². The Morgan fingerprint density at radius 1 is 0.931 bits per heavy atom. The average Bonchev–Trinajstić information content (AvgIpc) is 3.04. The van der Waals surface area contributed by atoms with Gasteiger partial charge in [0.15, 0.2) is 5.78 Å². The molecule has 4 fully saturated rings. The number of ketones is 1. The van der Waals surface area contributed by atoms with Crippen molar-refractivity contribution >= 4 is 17.4 Å². The molecule has 2 nitrogen and oxygen atoms in total. The first kappa shape index (κ1) is 20.1. The number of Topliss-reactive ketones (excluding diaryl/α,β-unsaturated/α-hetero) is 1. The second-order valence-corrected chi connectivity index (χ2v) is 11.7. The fourth-order valence-corrected chi connectivity index (χ4v) is 8.45. The summed E-state index contributed by atoms with van der Waals surface area (Å²) in [6, 6.07) is 7.51. The van der Waals surface area contributed by atoms with Gasteiger partial charge in [0.2, 0.25) is 0 Å². The lowest BCUT2D eigenvalue weighted by molar-refractivity contribution is -0.0976. The lowest BCUT2D eigenvalue weighted by Crippen LogP contribution is -2.51. The molecule has 0 aliphatic heterocycles. The molecule has 8 atom stereocenters. The highest BCUT2D eigenvalue weighted by atomic mass is 35.5. The van der Waals surface area contributed by atoms with E-state index >= 15 is 0 Å². The second kappa shape index (κ2) is 7.09. The predicted octanol–water partition coefficient (Wildman–Crippen LogP) is 6.54. The minimum Gasteiger partial charge on any atom is -0.390 e. The van der Waals surface area contributed by atoms with Crippen LogP contribution in [0, 0.1) is 40.9 Å². The van der Waals surface area contributed by atoms with Crippen molar-refractivity contribution in [2.45, 2.75) is 77.2 Å². The molecule has 5 rings (SSSR count). The lowest BCUT2D eigenvalue weighted by Gasteiger charge is -2.56. The molecule has 0 spiro atoms. The Balaban J connectivity index is 1.36. The molecular weight excluding hydrogens is 380 g/mol. The maximum absolute atomic E-state index is 13.4. The summed E-state index contributed by atoms with van der Waals surface area (Å²) in [6.07, 6.45) is 10.5. The Bertz CT molecular complexity index is 784. The molecule has 3 heteroatoms. The number of benzene rings is 1. The predicted molar refractivity (Wildman–Crippen MR) is 117 cm³/mol. The number of halogens is 1. The van der Waals surface area contributed by atoms with Crippen molar-refractivity contribution in [2.24, 2.45) is 40.9 Å². The van der Waals surface area contributed by atoms with Gasteiger partial charge in [-0.3, -0.25) is 4.79 Å². The van der Waals surface area contributed by atoms with Crippen LogP contribution in [0.1, 0.15) is 82.0 Å². The summed E-state index contributed by atoms with van der Waals surface area (Å²) in [6.45, 7) is 4.47. The van der Waals surface area contributed by atoms with Crippen molar-refractivity contribution in [1.29, 1.82) is 0 Å². The van der Waals surface area contributed by atoms with E-state index < -0.39 is 5.60 Å². The summed E-state index contributed by atoms with van der Waals surface area (Å²) >= 11 is 6.04. The van der Waals surface area contributed by atoms with Gasteiger partial charge in [0.05, 0.1) is 5.60 Å². The number of aliphatic hydroxyl groups is 1. The number of carbonyl (C=O) groups is 1. The van der Waals surface area contributed by atoms with Crippen molar-refractivity contribution in [3.05, 3.63) is 34.9 Å². The van der Waals surface area contributed by atoms with Crippen LogP contribution in [-0.2, 0) is 0 Å². The van der Waals surface area contributed by atoms with Gasteiger partial charge in [-0.05, 0) is 124 Å². The van der Waals surface area contributed by atoms with E-state index in [1.54, 1.807) is 0 Å². The number of hydrogen-bond donors (Lipinski definition) is 1. The second-order valence-electron chi connectivity index (χ2n) is 11.2. The van der Waals surface area contributed by atoms with Gasteiger partial charge < -0.3 is 5.11 Å². The minimum atomic E-state index is -0.444. The van der Waals surface area contributed by atoms with Gasteiger partial charge in [0.1, 0.15) is 0 Å². The summed E-state index contributed by atoms with van der Waals surface area (Å²) in [5.74, 6) is 4.35. The molecule has 1 aromatic rings. The molecule has 1 N–H and O–H groups in total. The maximum atomic E-state index is 13.4. The average molecular weight is 415 g/mol. The molecule has 0 heterocycles. The van der Waals surface area contributed by atoms with Gasteiger partial charge in [-0.1, -0.05) is 18.5 Å². The Labute approximate surface area is 180 Å². The zero-order valence-corrected chi connectivity index (χ0v) is 18.6. The SMILES string of the molecule is C[C@@]1(O)CC[C@H]2[C@@H](CC[C@@H]3[C@@H]2CC[C@]2(C)[C@@H](C(=O)c4ccc(Cl)cc4)CC[C@@H]32)C1. The monoisotopic (exact) mass is 414 g/mol. The van der Waals surface area contributed by atoms with E-state index in [1.807, 2.05) is 31.2 Å². The molecule has 4 aliphatic carbocycles. The molecule has 0 saturated heterocycles. The first-order valence-electron chi connectivity index (χ1n) is 11.8. The quantitative estimate of drug-likeness (QED) is 0.557. The van der Waals surface area contributed by atoms with Crippen molar-refractivity contribution in [2.75, 3.05) is 0 Å². The maximum Gasteiger partial charge on any atom is 0.166 e. The highest BCUT2D eigenvalue weighted by Gasteiger charge is 2.58. The Morgan fingerprint density at radius 2 is 1.66 bits per heavy atom. The van der Waals surface area contributed by atoms with E-state index in [4.69, 9.17) is 11.6 Å². The smallest absolute Gasteiger partial charge is 0.166 e. The summed E-state index contributed by atoms with van der Waals surface area (Å²) in [4.78, 5) is 13.4. The molecule has 0 unspecified atom stereocenters. The zero-order valence-electron chi connectivity index (χ0n) is 17.9. The van der Waals surface area contributed by atoms with E-state index in [2.05, 4.69) is 6.92 Å². The molecule has 29 heavy (non-hydrogen) atoms. The van der Waals surface area contributed by atoms with Gasteiger partial charge in [0, 0.05) is 16.5 Å². The first-order valence-corrected chi connectivity index (χ1v) is 12.2. The molecule has 0 bridgehead atoms. The minimum absolute atomic E-state index is 0.158. The normalized spacial score (nSPS) is 46.5. The highest BCUT2D eigenvalue weighted by molar-refractivity contribution is 6.30. The van der Waals surface area contributed by atoms with Crippen LogP contribution in [0.25, 0.3) is 0 Å². The van der Waals surface area contributed by atoms with Gasteiger partial charge in [0.25, 0.3) is 0 Å².